The lowest BCUT2D eigenvalue weighted by atomic mass is 10.00. The van der Waals surface area contributed by atoms with E-state index < -0.39 is 17.6 Å². The average molecular weight is 270 g/mol. The first-order valence-electron chi connectivity index (χ1n) is 5.54. The summed E-state index contributed by atoms with van der Waals surface area (Å²) in [7, 11) is 0. The van der Waals surface area contributed by atoms with Crippen molar-refractivity contribution in [3.8, 4) is 0 Å². The molecule has 5 heteroatoms. The summed E-state index contributed by atoms with van der Waals surface area (Å²) in [5.41, 5.74) is 0.594. The van der Waals surface area contributed by atoms with Gasteiger partial charge in [-0.25, -0.2) is 13.6 Å². The first kappa shape index (κ1) is 13.0. The van der Waals surface area contributed by atoms with Crippen LogP contribution in [0.15, 0.2) is 12.1 Å². The van der Waals surface area contributed by atoms with Crippen molar-refractivity contribution in [3.05, 3.63) is 34.2 Å². The molecule has 2 nitrogen and oxygen atoms in total. The fourth-order valence-corrected chi connectivity index (χ4v) is 3.00. The summed E-state index contributed by atoms with van der Waals surface area (Å²) in [6.45, 7) is 3.91. The summed E-state index contributed by atoms with van der Waals surface area (Å²) in [5, 5.41) is 9.65. The van der Waals surface area contributed by atoms with Gasteiger partial charge in [-0.2, -0.15) is 0 Å². The van der Waals surface area contributed by atoms with Crippen molar-refractivity contribution in [3.63, 3.8) is 0 Å². The van der Waals surface area contributed by atoms with Crippen LogP contribution >= 0.6 is 11.3 Å². The Bertz CT molecular complexity index is 617. The van der Waals surface area contributed by atoms with Gasteiger partial charge in [0.05, 0.1) is 0 Å². The first-order valence-corrected chi connectivity index (χ1v) is 6.35. The largest absolute Gasteiger partial charge is 0.477 e. The third-order valence-corrected chi connectivity index (χ3v) is 3.82. The molecule has 0 spiro atoms. The number of thiophene rings is 1. The van der Waals surface area contributed by atoms with Crippen molar-refractivity contribution in [1.82, 2.24) is 0 Å². The Kier molecular flexibility index (Phi) is 3.34. The molecule has 2 rings (SSSR count). The number of halogens is 2. The van der Waals surface area contributed by atoms with Gasteiger partial charge in [0.1, 0.15) is 4.88 Å². The van der Waals surface area contributed by atoms with Crippen LogP contribution in [0.25, 0.3) is 10.1 Å². The molecule has 1 N–H and O–H groups in total. The van der Waals surface area contributed by atoms with Crippen molar-refractivity contribution >= 4 is 27.4 Å². The molecule has 0 aliphatic rings. The fourth-order valence-electron chi connectivity index (χ4n) is 1.93. The Morgan fingerprint density at radius 3 is 2.50 bits per heavy atom. The summed E-state index contributed by atoms with van der Waals surface area (Å²) in [6.07, 6.45) is 0.534. The molecule has 1 aromatic carbocycles. The molecule has 1 heterocycles. The maximum Gasteiger partial charge on any atom is 0.346 e. The standard InChI is InChI=1S/C13H12F2O2S/c1-6(2)3-8-7-4-9(14)10(15)5-11(7)18-12(8)13(16)17/h4-6H,3H2,1-2H3,(H,16,17). The van der Waals surface area contributed by atoms with E-state index in [1.54, 1.807) is 0 Å². The molecule has 1 aromatic heterocycles. The van der Waals surface area contributed by atoms with Crippen LogP contribution in [0, 0.1) is 17.6 Å². The molecule has 0 saturated carbocycles. The predicted octanol–water partition coefficient (Wildman–Crippen LogP) is 4.08. The zero-order valence-corrected chi connectivity index (χ0v) is 10.8. The molecule has 0 radical (unpaired) electrons. The van der Waals surface area contributed by atoms with Gasteiger partial charge in [-0.1, -0.05) is 13.8 Å². The van der Waals surface area contributed by atoms with Crippen LogP contribution in [0.4, 0.5) is 8.78 Å². The highest BCUT2D eigenvalue weighted by atomic mass is 32.1. The van der Waals surface area contributed by atoms with Gasteiger partial charge in [-0.05, 0) is 35.4 Å². The topological polar surface area (TPSA) is 37.3 Å². The number of hydrogen-bond donors (Lipinski definition) is 1. The van der Waals surface area contributed by atoms with E-state index in [0.717, 1.165) is 23.5 Å². The fraction of sp³-hybridized carbons (Fsp3) is 0.308. The molecule has 0 amide bonds. The van der Waals surface area contributed by atoms with Crippen LogP contribution in [0.2, 0.25) is 0 Å². The summed E-state index contributed by atoms with van der Waals surface area (Å²) in [5.74, 6) is -2.69. The number of hydrogen-bond acceptors (Lipinski definition) is 2. The second-order valence-electron chi connectivity index (χ2n) is 4.58. The maximum absolute atomic E-state index is 13.3. The van der Waals surface area contributed by atoms with E-state index in [-0.39, 0.29) is 10.8 Å². The van der Waals surface area contributed by atoms with Gasteiger partial charge in [-0.3, -0.25) is 0 Å². The Balaban J connectivity index is 2.72. The van der Waals surface area contributed by atoms with Crippen molar-refractivity contribution in [2.45, 2.75) is 20.3 Å². The summed E-state index contributed by atoms with van der Waals surface area (Å²) in [4.78, 5) is 11.3. The number of fused-ring (bicyclic) bond motifs is 1. The molecule has 0 fully saturated rings. The quantitative estimate of drug-likeness (QED) is 0.912. The molecule has 0 aliphatic carbocycles. The second-order valence-corrected chi connectivity index (χ2v) is 5.63. The molecule has 2 aromatic rings. The summed E-state index contributed by atoms with van der Waals surface area (Å²) < 4.78 is 26.9. The average Bonchev–Trinajstić information content (AvgIpc) is 2.57. The third kappa shape index (κ3) is 2.22. The zero-order valence-electron chi connectivity index (χ0n) is 9.96. The molecule has 0 atom stereocenters. The van der Waals surface area contributed by atoms with Gasteiger partial charge >= 0.3 is 5.97 Å². The molecule has 0 bridgehead atoms. The van der Waals surface area contributed by atoms with Crippen LogP contribution in [0.5, 0.6) is 0 Å². The van der Waals surface area contributed by atoms with Crippen LogP contribution < -0.4 is 0 Å². The van der Waals surface area contributed by atoms with Crippen molar-refractivity contribution in [2.24, 2.45) is 5.92 Å². The summed E-state index contributed by atoms with van der Waals surface area (Å²) >= 11 is 0.991. The minimum absolute atomic E-state index is 0.170. The van der Waals surface area contributed by atoms with E-state index in [0.29, 0.717) is 22.1 Å². The van der Waals surface area contributed by atoms with Gasteiger partial charge in [-0.15, -0.1) is 11.3 Å². The molecule has 18 heavy (non-hydrogen) atoms. The Morgan fingerprint density at radius 1 is 1.33 bits per heavy atom. The van der Waals surface area contributed by atoms with Crippen molar-refractivity contribution in [1.29, 1.82) is 0 Å². The molecule has 0 saturated heterocycles. The minimum atomic E-state index is -1.05. The highest BCUT2D eigenvalue weighted by Gasteiger charge is 2.20. The number of benzene rings is 1. The number of aromatic carboxylic acids is 1. The van der Waals surface area contributed by atoms with Gasteiger partial charge < -0.3 is 5.11 Å². The maximum atomic E-state index is 13.3. The SMILES string of the molecule is CC(C)Cc1c(C(=O)O)sc2cc(F)c(F)cc12. The minimum Gasteiger partial charge on any atom is -0.477 e. The Morgan fingerprint density at radius 2 is 1.94 bits per heavy atom. The van der Waals surface area contributed by atoms with Gasteiger partial charge in [0.25, 0.3) is 0 Å². The molecule has 96 valence electrons. The van der Waals surface area contributed by atoms with E-state index >= 15 is 0 Å². The smallest absolute Gasteiger partial charge is 0.346 e. The van der Waals surface area contributed by atoms with Crippen molar-refractivity contribution in [2.75, 3.05) is 0 Å². The van der Waals surface area contributed by atoms with Gasteiger partial charge in [0, 0.05) is 4.70 Å². The van der Waals surface area contributed by atoms with E-state index in [4.69, 9.17) is 5.11 Å². The Hall–Kier alpha value is -1.49. The number of carbonyl (C=O) groups is 1. The number of carboxylic acid groups (broad SMARTS) is 1. The number of carboxylic acids is 1. The van der Waals surface area contributed by atoms with Crippen LogP contribution in [0.1, 0.15) is 29.1 Å². The van der Waals surface area contributed by atoms with Crippen LogP contribution in [-0.4, -0.2) is 11.1 Å². The lowest BCUT2D eigenvalue weighted by molar-refractivity contribution is 0.0701. The molecule has 0 unspecified atom stereocenters. The van der Waals surface area contributed by atoms with E-state index in [1.807, 2.05) is 13.8 Å². The normalized spacial score (nSPS) is 11.4. The van der Waals surface area contributed by atoms with E-state index in [2.05, 4.69) is 0 Å². The second kappa shape index (κ2) is 4.65. The highest BCUT2D eigenvalue weighted by Crippen LogP contribution is 2.34. The molecular formula is C13H12F2O2S. The Labute approximate surface area is 107 Å². The van der Waals surface area contributed by atoms with Crippen LogP contribution in [0.3, 0.4) is 0 Å². The number of rotatable bonds is 3. The van der Waals surface area contributed by atoms with E-state index in [9.17, 15) is 13.6 Å². The van der Waals surface area contributed by atoms with E-state index in [1.165, 1.54) is 0 Å². The van der Waals surface area contributed by atoms with Gasteiger partial charge in [0.2, 0.25) is 0 Å². The van der Waals surface area contributed by atoms with Crippen LogP contribution in [-0.2, 0) is 6.42 Å². The first-order chi connectivity index (χ1) is 8.40. The third-order valence-electron chi connectivity index (χ3n) is 2.64. The molecular weight excluding hydrogens is 258 g/mol. The summed E-state index contributed by atoms with van der Waals surface area (Å²) in [6, 6.07) is 2.15. The van der Waals surface area contributed by atoms with Crippen molar-refractivity contribution < 1.29 is 18.7 Å². The zero-order chi connectivity index (χ0) is 13.4. The lowest BCUT2D eigenvalue weighted by Gasteiger charge is -2.05. The highest BCUT2D eigenvalue weighted by molar-refractivity contribution is 7.21. The van der Waals surface area contributed by atoms with Gasteiger partial charge in [0.15, 0.2) is 11.6 Å². The molecule has 0 aliphatic heterocycles. The lowest BCUT2D eigenvalue weighted by Crippen LogP contribution is -2.01. The predicted molar refractivity (Wildman–Crippen MR) is 67.2 cm³/mol. The monoisotopic (exact) mass is 270 g/mol.